The highest BCUT2D eigenvalue weighted by molar-refractivity contribution is 6.04. The second-order valence-electron chi connectivity index (χ2n) is 7.46. The molecule has 0 radical (unpaired) electrons. The number of nitrogens with zero attached hydrogens (tertiary/aromatic N) is 2. The first-order valence-corrected chi connectivity index (χ1v) is 10.6. The number of hydrogen-bond acceptors (Lipinski definition) is 7. The van der Waals surface area contributed by atoms with E-state index < -0.39 is 0 Å². The smallest absolute Gasteiger partial charge is 0.255 e. The molecule has 0 spiro atoms. The van der Waals surface area contributed by atoms with Gasteiger partial charge in [-0.15, -0.1) is 0 Å². The summed E-state index contributed by atoms with van der Waals surface area (Å²) in [4.78, 5) is 21.5. The maximum absolute atomic E-state index is 12.5. The summed E-state index contributed by atoms with van der Waals surface area (Å²) < 4.78 is 10.4. The van der Waals surface area contributed by atoms with Gasteiger partial charge in [-0.05, 0) is 73.7 Å². The van der Waals surface area contributed by atoms with Crippen LogP contribution in [0.15, 0.2) is 78.9 Å². The van der Waals surface area contributed by atoms with E-state index in [4.69, 9.17) is 9.47 Å². The number of rotatable bonds is 8. The molecule has 0 saturated carbocycles. The van der Waals surface area contributed by atoms with Gasteiger partial charge in [0.2, 0.25) is 5.95 Å². The SMILES string of the molecule is COc1ccc(Nc2cc(C)nc(Nc3ccc(NC(=O)c4cccc(OC)c4)cc3)n2)cc1. The number of carbonyl (C=O) groups excluding carboxylic acids is 1. The van der Waals surface area contributed by atoms with Gasteiger partial charge in [-0.3, -0.25) is 4.79 Å². The van der Waals surface area contributed by atoms with Gasteiger partial charge in [-0.2, -0.15) is 4.98 Å². The largest absolute Gasteiger partial charge is 0.497 e. The number of hydrogen-bond donors (Lipinski definition) is 3. The van der Waals surface area contributed by atoms with E-state index in [0.717, 1.165) is 22.8 Å². The van der Waals surface area contributed by atoms with Gasteiger partial charge in [0, 0.05) is 34.4 Å². The lowest BCUT2D eigenvalue weighted by molar-refractivity contribution is 0.102. The number of amides is 1. The van der Waals surface area contributed by atoms with Gasteiger partial charge in [0.05, 0.1) is 14.2 Å². The fourth-order valence-corrected chi connectivity index (χ4v) is 3.24. The molecule has 8 heteroatoms. The first-order chi connectivity index (χ1) is 16.5. The molecule has 0 aliphatic rings. The fraction of sp³-hybridized carbons (Fsp3) is 0.115. The maximum Gasteiger partial charge on any atom is 0.255 e. The van der Waals surface area contributed by atoms with E-state index in [0.29, 0.717) is 28.8 Å². The predicted molar refractivity (Wildman–Crippen MR) is 134 cm³/mol. The molecule has 34 heavy (non-hydrogen) atoms. The Hall–Kier alpha value is -4.59. The normalized spacial score (nSPS) is 10.3. The molecule has 0 fully saturated rings. The van der Waals surface area contributed by atoms with Crippen molar-refractivity contribution in [2.24, 2.45) is 0 Å². The molecule has 1 aromatic heterocycles. The second kappa shape index (κ2) is 10.4. The number of anilines is 5. The minimum Gasteiger partial charge on any atom is -0.497 e. The van der Waals surface area contributed by atoms with E-state index in [2.05, 4.69) is 25.9 Å². The zero-order valence-electron chi connectivity index (χ0n) is 19.1. The van der Waals surface area contributed by atoms with Crippen LogP contribution in [0, 0.1) is 6.92 Å². The second-order valence-corrected chi connectivity index (χ2v) is 7.46. The van der Waals surface area contributed by atoms with Crippen LogP contribution in [0.2, 0.25) is 0 Å². The van der Waals surface area contributed by atoms with E-state index in [1.165, 1.54) is 0 Å². The number of carbonyl (C=O) groups is 1. The van der Waals surface area contributed by atoms with Crippen LogP contribution in [0.5, 0.6) is 11.5 Å². The first kappa shape index (κ1) is 22.6. The summed E-state index contributed by atoms with van der Waals surface area (Å²) in [5.74, 6) is 2.34. The number of ether oxygens (including phenoxy) is 2. The number of nitrogens with one attached hydrogen (secondary N) is 3. The van der Waals surface area contributed by atoms with Crippen LogP contribution in [-0.4, -0.2) is 30.1 Å². The molecule has 0 aliphatic carbocycles. The van der Waals surface area contributed by atoms with Crippen LogP contribution in [-0.2, 0) is 0 Å². The van der Waals surface area contributed by atoms with Gasteiger partial charge in [0.15, 0.2) is 0 Å². The number of aryl methyl sites for hydroxylation is 1. The van der Waals surface area contributed by atoms with Crippen molar-refractivity contribution in [3.63, 3.8) is 0 Å². The van der Waals surface area contributed by atoms with Crippen molar-refractivity contribution in [3.05, 3.63) is 90.1 Å². The van der Waals surface area contributed by atoms with Crippen molar-refractivity contribution in [2.75, 3.05) is 30.2 Å². The van der Waals surface area contributed by atoms with Crippen LogP contribution in [0.3, 0.4) is 0 Å². The minimum absolute atomic E-state index is 0.212. The molecule has 3 N–H and O–H groups in total. The molecule has 4 rings (SSSR count). The van der Waals surface area contributed by atoms with E-state index >= 15 is 0 Å². The molecule has 1 heterocycles. The molecule has 0 atom stereocenters. The summed E-state index contributed by atoms with van der Waals surface area (Å²) in [7, 11) is 3.20. The molecule has 0 saturated heterocycles. The molecule has 0 aliphatic heterocycles. The average molecular weight is 456 g/mol. The third-order valence-corrected chi connectivity index (χ3v) is 4.95. The van der Waals surface area contributed by atoms with E-state index in [9.17, 15) is 4.79 Å². The summed E-state index contributed by atoms with van der Waals surface area (Å²) in [6.07, 6.45) is 0. The monoisotopic (exact) mass is 455 g/mol. The molecular formula is C26H25N5O3. The van der Waals surface area contributed by atoms with Crippen LogP contribution in [0.4, 0.5) is 28.8 Å². The van der Waals surface area contributed by atoms with Gasteiger partial charge in [-0.1, -0.05) is 6.07 Å². The topological polar surface area (TPSA) is 97.4 Å². The Morgan fingerprint density at radius 2 is 1.38 bits per heavy atom. The van der Waals surface area contributed by atoms with Crippen molar-refractivity contribution in [1.29, 1.82) is 0 Å². The maximum atomic E-state index is 12.5. The quantitative estimate of drug-likeness (QED) is 0.321. The minimum atomic E-state index is -0.212. The Balaban J connectivity index is 1.42. The molecule has 0 bridgehead atoms. The van der Waals surface area contributed by atoms with Gasteiger partial charge < -0.3 is 25.4 Å². The fourth-order valence-electron chi connectivity index (χ4n) is 3.24. The Morgan fingerprint density at radius 3 is 2.09 bits per heavy atom. The van der Waals surface area contributed by atoms with Crippen molar-refractivity contribution < 1.29 is 14.3 Å². The number of methoxy groups -OCH3 is 2. The Kier molecular flexibility index (Phi) is 6.88. The average Bonchev–Trinajstić information content (AvgIpc) is 2.85. The van der Waals surface area contributed by atoms with Crippen molar-refractivity contribution in [1.82, 2.24) is 9.97 Å². The van der Waals surface area contributed by atoms with Crippen molar-refractivity contribution in [2.45, 2.75) is 6.92 Å². The van der Waals surface area contributed by atoms with E-state index in [1.54, 1.807) is 38.5 Å². The van der Waals surface area contributed by atoms with Crippen LogP contribution >= 0.6 is 0 Å². The zero-order chi connectivity index (χ0) is 23.9. The first-order valence-electron chi connectivity index (χ1n) is 10.6. The lowest BCUT2D eigenvalue weighted by Crippen LogP contribution is -2.11. The van der Waals surface area contributed by atoms with Crippen LogP contribution < -0.4 is 25.4 Å². The Labute approximate surface area is 198 Å². The molecule has 8 nitrogen and oxygen atoms in total. The molecule has 4 aromatic rings. The zero-order valence-corrected chi connectivity index (χ0v) is 19.1. The molecule has 172 valence electrons. The third-order valence-electron chi connectivity index (χ3n) is 4.95. The van der Waals surface area contributed by atoms with Crippen LogP contribution in [0.25, 0.3) is 0 Å². The van der Waals surface area contributed by atoms with Gasteiger partial charge in [-0.25, -0.2) is 4.98 Å². The summed E-state index contributed by atoms with van der Waals surface area (Å²) >= 11 is 0. The molecule has 0 unspecified atom stereocenters. The third kappa shape index (κ3) is 5.80. The van der Waals surface area contributed by atoms with Crippen LogP contribution in [0.1, 0.15) is 16.1 Å². The Bertz CT molecular complexity index is 1270. The van der Waals surface area contributed by atoms with Crippen molar-refractivity contribution >= 4 is 34.7 Å². The lowest BCUT2D eigenvalue weighted by Gasteiger charge is -2.11. The standard InChI is InChI=1S/C26H25N5O3/c1-17-15-24(28-19-11-13-22(33-2)14-12-19)31-26(27-17)30-21-9-7-20(8-10-21)29-25(32)18-5-4-6-23(16-18)34-3/h4-16H,1-3H3,(H,29,32)(H2,27,28,30,31). The van der Waals surface area contributed by atoms with E-state index in [-0.39, 0.29) is 5.91 Å². The molecular weight excluding hydrogens is 430 g/mol. The highest BCUT2D eigenvalue weighted by atomic mass is 16.5. The summed E-state index contributed by atoms with van der Waals surface area (Å²) in [5, 5.41) is 9.36. The lowest BCUT2D eigenvalue weighted by atomic mass is 10.2. The van der Waals surface area contributed by atoms with Gasteiger partial charge in [0.25, 0.3) is 5.91 Å². The summed E-state index contributed by atoms with van der Waals surface area (Å²) in [6.45, 7) is 1.91. The highest BCUT2D eigenvalue weighted by Crippen LogP contribution is 2.22. The molecule has 3 aromatic carbocycles. The van der Waals surface area contributed by atoms with Crippen molar-refractivity contribution in [3.8, 4) is 11.5 Å². The molecule has 1 amide bonds. The van der Waals surface area contributed by atoms with Gasteiger partial charge >= 0.3 is 0 Å². The number of aromatic nitrogens is 2. The van der Waals surface area contributed by atoms with Gasteiger partial charge in [0.1, 0.15) is 17.3 Å². The predicted octanol–water partition coefficient (Wildman–Crippen LogP) is 5.54. The Morgan fingerprint density at radius 1 is 0.735 bits per heavy atom. The number of benzene rings is 3. The highest BCUT2D eigenvalue weighted by Gasteiger charge is 2.08. The summed E-state index contributed by atoms with van der Waals surface area (Å²) in [6, 6.07) is 23.8. The van der Waals surface area contributed by atoms with E-state index in [1.807, 2.05) is 61.5 Å². The summed E-state index contributed by atoms with van der Waals surface area (Å²) in [5.41, 5.74) is 3.69.